The van der Waals surface area contributed by atoms with Gasteiger partial charge in [-0.3, -0.25) is 9.59 Å². The molecule has 0 saturated heterocycles. The van der Waals surface area contributed by atoms with Crippen molar-refractivity contribution in [3.63, 3.8) is 0 Å². The lowest BCUT2D eigenvalue weighted by Gasteiger charge is -2.15. The van der Waals surface area contributed by atoms with Gasteiger partial charge in [0.1, 0.15) is 10.6 Å². The van der Waals surface area contributed by atoms with Crippen molar-refractivity contribution in [1.29, 1.82) is 0 Å². The van der Waals surface area contributed by atoms with Gasteiger partial charge >= 0.3 is 5.97 Å². The Labute approximate surface area is 188 Å². The third-order valence-electron chi connectivity index (χ3n) is 4.11. The fourth-order valence-corrected chi connectivity index (χ4v) is 4.43. The van der Waals surface area contributed by atoms with Crippen LogP contribution < -0.4 is 9.64 Å². The molecule has 0 radical (unpaired) electrons. The predicted molar refractivity (Wildman–Crippen MR) is 113 cm³/mol. The minimum absolute atomic E-state index is 0.112. The number of nitrogens with zero attached hydrogens (tertiary/aromatic N) is 1. The summed E-state index contributed by atoms with van der Waals surface area (Å²) in [6, 6.07) is 9.31. The van der Waals surface area contributed by atoms with Gasteiger partial charge in [-0.2, -0.15) is 0 Å². The van der Waals surface area contributed by atoms with Gasteiger partial charge < -0.3 is 4.74 Å². The predicted octanol–water partition coefficient (Wildman–Crippen LogP) is 6.38. The van der Waals surface area contributed by atoms with Crippen molar-refractivity contribution < 1.29 is 19.1 Å². The van der Waals surface area contributed by atoms with Crippen LogP contribution in [0.1, 0.15) is 30.4 Å². The van der Waals surface area contributed by atoms with Crippen LogP contribution >= 0.6 is 57.7 Å². The lowest BCUT2D eigenvalue weighted by molar-refractivity contribution is 0.0739. The number of benzene rings is 2. The topological polar surface area (TPSA) is 63.7 Å². The average molecular weight is 487 g/mol. The summed E-state index contributed by atoms with van der Waals surface area (Å²) in [5.41, 5.74) is -0.0823. The fourth-order valence-electron chi connectivity index (χ4n) is 2.82. The Morgan fingerprint density at radius 2 is 1.48 bits per heavy atom. The largest absolute Gasteiger partial charge is 0.422 e. The minimum atomic E-state index is -0.711. The molecule has 1 aromatic heterocycles. The number of hydrogen-bond donors (Lipinski definition) is 0. The van der Waals surface area contributed by atoms with Crippen molar-refractivity contribution in [2.75, 3.05) is 4.90 Å². The standard InChI is InChI=1S/C19H7Cl4NO4S/c20-13-11-12(14(21)16(23)15(13)22)18(26)24(17(11)25)8-3-1-4-9(7-8)28-19(27)10-5-2-6-29-10/h1-7H. The van der Waals surface area contributed by atoms with Gasteiger partial charge in [-0.15, -0.1) is 11.3 Å². The number of carbonyl (C=O) groups is 3. The molecule has 0 aliphatic carbocycles. The number of amides is 2. The quantitative estimate of drug-likeness (QED) is 0.141. The number of rotatable bonds is 3. The highest BCUT2D eigenvalue weighted by molar-refractivity contribution is 7.12. The van der Waals surface area contributed by atoms with Crippen molar-refractivity contribution >= 4 is 81.2 Å². The molecule has 2 aromatic carbocycles. The van der Waals surface area contributed by atoms with Crippen molar-refractivity contribution in [2.24, 2.45) is 0 Å². The van der Waals surface area contributed by atoms with Crippen LogP contribution in [0.25, 0.3) is 0 Å². The van der Waals surface area contributed by atoms with Crippen molar-refractivity contribution in [3.05, 3.63) is 77.9 Å². The molecule has 0 spiro atoms. The number of ether oxygens (including phenoxy) is 1. The number of hydrogen-bond acceptors (Lipinski definition) is 5. The molecule has 3 aromatic rings. The molecule has 0 unspecified atom stereocenters. The highest BCUT2D eigenvalue weighted by Gasteiger charge is 2.42. The molecule has 4 rings (SSSR count). The minimum Gasteiger partial charge on any atom is -0.422 e. The lowest BCUT2D eigenvalue weighted by Crippen LogP contribution is -2.29. The van der Waals surface area contributed by atoms with E-state index in [1.807, 2.05) is 0 Å². The van der Waals surface area contributed by atoms with Crippen molar-refractivity contribution in [2.45, 2.75) is 0 Å². The van der Waals surface area contributed by atoms with Gasteiger partial charge in [0.15, 0.2) is 0 Å². The Bertz CT molecular complexity index is 1150. The van der Waals surface area contributed by atoms with Crippen LogP contribution in [0.2, 0.25) is 20.1 Å². The summed E-state index contributed by atoms with van der Waals surface area (Å²) >= 11 is 25.6. The number of imide groups is 1. The van der Waals surface area contributed by atoms with E-state index in [9.17, 15) is 14.4 Å². The number of thiophene rings is 1. The second kappa shape index (κ2) is 7.63. The fraction of sp³-hybridized carbons (Fsp3) is 0. The first-order valence-corrected chi connectivity index (χ1v) is 10.3. The summed E-state index contributed by atoms with van der Waals surface area (Å²) in [5.74, 6) is -1.82. The smallest absolute Gasteiger partial charge is 0.353 e. The van der Waals surface area contributed by atoms with Crippen LogP contribution in [0.3, 0.4) is 0 Å². The zero-order chi connectivity index (χ0) is 20.9. The molecule has 146 valence electrons. The van der Waals surface area contributed by atoms with E-state index in [0.717, 1.165) is 4.90 Å². The van der Waals surface area contributed by atoms with Crippen LogP contribution in [-0.2, 0) is 0 Å². The van der Waals surface area contributed by atoms with E-state index >= 15 is 0 Å². The first-order chi connectivity index (χ1) is 13.8. The highest BCUT2D eigenvalue weighted by Crippen LogP contribution is 2.45. The van der Waals surface area contributed by atoms with Crippen molar-refractivity contribution in [3.8, 4) is 5.75 Å². The van der Waals surface area contributed by atoms with Gasteiger partial charge in [0.05, 0.1) is 36.9 Å². The van der Waals surface area contributed by atoms with E-state index < -0.39 is 17.8 Å². The summed E-state index contributed by atoms with van der Waals surface area (Å²) < 4.78 is 5.32. The Hall–Kier alpha value is -2.09. The molecule has 0 N–H and O–H groups in total. The molecule has 29 heavy (non-hydrogen) atoms. The van der Waals surface area contributed by atoms with Gasteiger partial charge in [-0.25, -0.2) is 9.69 Å². The van der Waals surface area contributed by atoms with Gasteiger partial charge in [-0.1, -0.05) is 58.5 Å². The summed E-state index contributed by atoms with van der Waals surface area (Å²) in [5, 5.41) is 1.21. The van der Waals surface area contributed by atoms with Crippen molar-refractivity contribution in [1.82, 2.24) is 0 Å². The molecule has 1 aliphatic rings. The number of fused-ring (bicyclic) bond motifs is 1. The highest BCUT2D eigenvalue weighted by atomic mass is 35.5. The molecule has 0 bridgehead atoms. The van der Waals surface area contributed by atoms with E-state index in [-0.39, 0.29) is 42.7 Å². The van der Waals surface area contributed by atoms with Gasteiger partial charge in [0.25, 0.3) is 11.8 Å². The Kier molecular flexibility index (Phi) is 5.31. The molecule has 5 nitrogen and oxygen atoms in total. The van der Waals surface area contributed by atoms with Crippen LogP contribution in [0.5, 0.6) is 5.75 Å². The van der Waals surface area contributed by atoms with Gasteiger partial charge in [-0.05, 0) is 23.6 Å². The van der Waals surface area contributed by atoms with E-state index in [1.54, 1.807) is 23.6 Å². The number of halogens is 4. The first-order valence-electron chi connectivity index (χ1n) is 7.91. The number of anilines is 1. The van der Waals surface area contributed by atoms with Crippen LogP contribution in [0.4, 0.5) is 5.69 Å². The normalized spacial score (nSPS) is 13.0. The second-order valence-electron chi connectivity index (χ2n) is 5.82. The maximum Gasteiger partial charge on any atom is 0.353 e. The van der Waals surface area contributed by atoms with E-state index in [1.165, 1.54) is 29.5 Å². The van der Waals surface area contributed by atoms with Crippen LogP contribution in [0, 0.1) is 0 Å². The monoisotopic (exact) mass is 485 g/mol. The summed E-state index contributed by atoms with van der Waals surface area (Å²) in [6.07, 6.45) is 0. The summed E-state index contributed by atoms with van der Waals surface area (Å²) in [6.45, 7) is 0. The third kappa shape index (κ3) is 3.31. The molecule has 0 fully saturated rings. The number of esters is 1. The lowest BCUT2D eigenvalue weighted by atomic mass is 10.1. The van der Waals surface area contributed by atoms with Crippen LogP contribution in [0.15, 0.2) is 41.8 Å². The molecule has 2 heterocycles. The second-order valence-corrected chi connectivity index (χ2v) is 8.28. The van der Waals surface area contributed by atoms with E-state index in [2.05, 4.69) is 0 Å². The summed E-state index contributed by atoms with van der Waals surface area (Å²) in [7, 11) is 0. The SMILES string of the molecule is O=C(Oc1cccc(N2C(=O)c3c(Cl)c(Cl)c(Cl)c(Cl)c3C2=O)c1)c1cccs1. The molecular weight excluding hydrogens is 480 g/mol. The molecule has 2 amide bonds. The summed E-state index contributed by atoms with van der Waals surface area (Å²) in [4.78, 5) is 39.3. The Morgan fingerprint density at radius 3 is 2.03 bits per heavy atom. The van der Waals surface area contributed by atoms with E-state index in [4.69, 9.17) is 51.1 Å². The van der Waals surface area contributed by atoms with Gasteiger partial charge in [0, 0.05) is 6.07 Å². The Morgan fingerprint density at radius 1 is 0.862 bits per heavy atom. The maximum absolute atomic E-state index is 12.9. The molecule has 1 aliphatic heterocycles. The molecule has 10 heteroatoms. The zero-order valence-corrected chi connectivity index (χ0v) is 17.9. The third-order valence-corrected chi connectivity index (χ3v) is 6.76. The Balaban J connectivity index is 1.72. The molecule has 0 atom stereocenters. The maximum atomic E-state index is 12.9. The van der Waals surface area contributed by atoms with E-state index in [0.29, 0.717) is 4.88 Å². The zero-order valence-electron chi connectivity index (χ0n) is 14.0. The molecule has 0 saturated carbocycles. The average Bonchev–Trinajstić information content (AvgIpc) is 3.32. The van der Waals surface area contributed by atoms with Crippen LogP contribution in [-0.4, -0.2) is 17.8 Å². The first kappa shape index (κ1) is 20.2. The number of carbonyl (C=O) groups excluding carboxylic acids is 3. The van der Waals surface area contributed by atoms with Gasteiger partial charge in [0.2, 0.25) is 0 Å². The molecular formula is C19H7Cl4NO4S.